The van der Waals surface area contributed by atoms with Gasteiger partial charge in [0.05, 0.1) is 0 Å². The molecule has 1 amide bonds. The van der Waals surface area contributed by atoms with Gasteiger partial charge in [-0.05, 0) is 40.5 Å². The van der Waals surface area contributed by atoms with Gasteiger partial charge < -0.3 is 4.74 Å². The molecule has 1 heterocycles. The van der Waals surface area contributed by atoms with Gasteiger partial charge >= 0.3 is 6.09 Å². The van der Waals surface area contributed by atoms with Crippen molar-refractivity contribution in [2.24, 2.45) is 5.92 Å². The van der Waals surface area contributed by atoms with E-state index in [9.17, 15) is 4.79 Å². The highest BCUT2D eigenvalue weighted by Gasteiger charge is 2.34. The summed E-state index contributed by atoms with van der Waals surface area (Å²) in [6, 6.07) is 0.228. The van der Waals surface area contributed by atoms with Gasteiger partial charge in [0.2, 0.25) is 0 Å². The second-order valence-corrected chi connectivity index (χ2v) is 5.75. The minimum absolute atomic E-state index is 0.228. The largest absolute Gasteiger partial charge is 0.596 e. The van der Waals surface area contributed by atoms with Crippen LogP contribution in [0.15, 0.2) is 12.7 Å². The van der Waals surface area contributed by atoms with Crippen LogP contribution in [0.4, 0.5) is 4.79 Å². The third-order valence-electron chi connectivity index (χ3n) is 2.88. The Balaban J connectivity index is 2.78. The minimum atomic E-state index is -0.434. The molecule has 2 atom stereocenters. The molecule has 0 fully saturated rings. The average molecular weight is 238 g/mol. The molecule has 0 aromatic heterocycles. The molecule has 1 aliphatic rings. The van der Waals surface area contributed by atoms with Crippen LogP contribution in [0.2, 0.25) is 0 Å². The number of hydrogen-bond donors (Lipinski definition) is 0. The lowest BCUT2D eigenvalue weighted by Crippen LogP contribution is -2.39. The van der Waals surface area contributed by atoms with Crippen molar-refractivity contribution in [1.29, 1.82) is 0 Å². The molecule has 3 nitrogen and oxygen atoms in total. The summed E-state index contributed by atoms with van der Waals surface area (Å²) in [5.41, 5.74) is -0.434. The lowest BCUT2D eigenvalue weighted by Gasteiger charge is -2.22. The van der Waals surface area contributed by atoms with E-state index in [2.05, 4.69) is 13.5 Å². The molecule has 0 saturated heterocycles. The topological polar surface area (TPSA) is 29.3 Å². The number of rotatable bonds is 2. The van der Waals surface area contributed by atoms with Crippen LogP contribution in [-0.4, -0.2) is 28.5 Å². The third-order valence-corrected chi connectivity index (χ3v) is 2.88. The van der Waals surface area contributed by atoms with Crippen LogP contribution in [0.25, 0.3) is 0 Å². The smallest absolute Gasteiger partial charge is 0.406 e. The van der Waals surface area contributed by atoms with Gasteiger partial charge in [-0.3, -0.25) is 0 Å². The molecule has 0 radical (unpaired) electrons. The standard InChI is InChI=1S/C14H24NO2/c1-6-7-12-9-8-11(2)15(10-12)13(16)17-14(3,4)5/h6,10-12H,1,7-9H2,2-5H3/q+1/t11-,12-/m1/s1. The van der Waals surface area contributed by atoms with Crippen LogP contribution < -0.4 is 0 Å². The molecule has 0 bridgehead atoms. The third kappa shape index (κ3) is 4.33. The molecule has 0 aliphatic carbocycles. The van der Waals surface area contributed by atoms with E-state index >= 15 is 0 Å². The number of nitrogens with zero attached hydrogens (tertiary/aromatic N) is 1. The first-order valence-electron chi connectivity index (χ1n) is 6.30. The number of carbonyl (C=O) groups excluding carboxylic acids is 1. The fourth-order valence-electron chi connectivity index (χ4n) is 1.99. The van der Waals surface area contributed by atoms with Crippen LogP contribution in [-0.2, 0) is 4.74 Å². The Hall–Kier alpha value is -1.12. The predicted molar refractivity (Wildman–Crippen MR) is 69.6 cm³/mol. The number of hydrogen-bond acceptors (Lipinski definition) is 2. The Morgan fingerprint density at radius 2 is 2.18 bits per heavy atom. The highest BCUT2D eigenvalue weighted by Crippen LogP contribution is 2.20. The van der Waals surface area contributed by atoms with Crippen molar-refractivity contribution in [2.45, 2.75) is 58.6 Å². The van der Waals surface area contributed by atoms with Gasteiger partial charge in [-0.25, -0.2) is 0 Å². The highest BCUT2D eigenvalue weighted by molar-refractivity contribution is 5.68. The van der Waals surface area contributed by atoms with Gasteiger partial charge in [-0.2, -0.15) is 4.79 Å². The Morgan fingerprint density at radius 3 is 2.71 bits per heavy atom. The normalized spacial score (nSPS) is 25.1. The number of allylic oxidation sites excluding steroid dienone is 1. The predicted octanol–water partition coefficient (Wildman–Crippen LogP) is 3.38. The van der Waals surface area contributed by atoms with Crippen molar-refractivity contribution >= 4 is 12.3 Å². The maximum absolute atomic E-state index is 12.0. The van der Waals surface area contributed by atoms with E-state index in [0.717, 1.165) is 19.3 Å². The average Bonchev–Trinajstić information content (AvgIpc) is 2.18. The number of ether oxygens (including phenoxy) is 1. The van der Waals surface area contributed by atoms with E-state index in [0.29, 0.717) is 5.92 Å². The summed E-state index contributed by atoms with van der Waals surface area (Å²) in [5, 5.41) is 0. The Bertz CT molecular complexity index is 326. The van der Waals surface area contributed by atoms with E-state index < -0.39 is 5.60 Å². The summed E-state index contributed by atoms with van der Waals surface area (Å²) < 4.78 is 7.14. The first kappa shape index (κ1) is 13.9. The van der Waals surface area contributed by atoms with Crippen molar-refractivity contribution in [3.05, 3.63) is 12.7 Å². The zero-order chi connectivity index (χ0) is 13.1. The van der Waals surface area contributed by atoms with Gasteiger partial charge in [0, 0.05) is 12.3 Å². The van der Waals surface area contributed by atoms with Crippen LogP contribution in [0, 0.1) is 5.92 Å². The van der Waals surface area contributed by atoms with Gasteiger partial charge in [0.25, 0.3) is 0 Å². The molecule has 17 heavy (non-hydrogen) atoms. The monoisotopic (exact) mass is 238 g/mol. The maximum atomic E-state index is 12.0. The minimum Gasteiger partial charge on any atom is -0.406 e. The summed E-state index contributed by atoms with van der Waals surface area (Å²) >= 11 is 0. The van der Waals surface area contributed by atoms with Gasteiger partial charge in [0.1, 0.15) is 5.60 Å². The molecular formula is C14H24NO2+. The van der Waals surface area contributed by atoms with Crippen molar-refractivity contribution in [1.82, 2.24) is 0 Å². The summed E-state index contributed by atoms with van der Waals surface area (Å²) in [5.74, 6) is 0.413. The number of amides is 1. The summed E-state index contributed by atoms with van der Waals surface area (Å²) in [6.45, 7) is 11.5. The van der Waals surface area contributed by atoms with Gasteiger partial charge in [-0.1, -0.05) is 6.08 Å². The highest BCUT2D eigenvalue weighted by atomic mass is 16.6. The van der Waals surface area contributed by atoms with Crippen LogP contribution >= 0.6 is 0 Å². The van der Waals surface area contributed by atoms with Crippen LogP contribution in [0.3, 0.4) is 0 Å². The Morgan fingerprint density at radius 1 is 1.53 bits per heavy atom. The molecule has 0 N–H and O–H groups in total. The lowest BCUT2D eigenvalue weighted by atomic mass is 9.94. The SMILES string of the molecule is C=CC[C@H]1C=[N+](C(=O)OC(C)(C)C)[C@H](C)CC1. The van der Waals surface area contributed by atoms with Gasteiger partial charge in [0.15, 0.2) is 12.3 Å². The maximum Gasteiger partial charge on any atom is 0.596 e. The molecule has 0 unspecified atom stereocenters. The summed E-state index contributed by atoms with van der Waals surface area (Å²) in [4.78, 5) is 12.0. The molecule has 0 aromatic rings. The molecule has 1 rings (SSSR count). The van der Waals surface area contributed by atoms with Crippen LogP contribution in [0.5, 0.6) is 0 Å². The summed E-state index contributed by atoms with van der Waals surface area (Å²) in [6.07, 6.45) is 6.74. The Kier molecular flexibility index (Phi) is 4.49. The van der Waals surface area contributed by atoms with E-state index in [1.807, 2.05) is 33.1 Å². The zero-order valence-corrected chi connectivity index (χ0v) is 11.4. The van der Waals surface area contributed by atoms with Crippen molar-refractivity contribution < 1.29 is 14.1 Å². The number of carbonyl (C=O) groups is 1. The van der Waals surface area contributed by atoms with E-state index in [1.165, 1.54) is 0 Å². The second-order valence-electron chi connectivity index (χ2n) is 5.75. The van der Waals surface area contributed by atoms with Gasteiger partial charge in [-0.15, -0.1) is 11.2 Å². The molecule has 0 saturated carbocycles. The van der Waals surface area contributed by atoms with Crippen molar-refractivity contribution in [3.8, 4) is 0 Å². The molecule has 1 aliphatic heterocycles. The Labute approximate surface area is 104 Å². The van der Waals surface area contributed by atoms with Crippen LogP contribution in [0.1, 0.15) is 47.0 Å². The quantitative estimate of drug-likeness (QED) is 0.545. The van der Waals surface area contributed by atoms with E-state index in [4.69, 9.17) is 4.74 Å². The second kappa shape index (κ2) is 5.48. The fraction of sp³-hybridized carbons (Fsp3) is 0.714. The van der Waals surface area contributed by atoms with E-state index in [-0.39, 0.29) is 12.1 Å². The van der Waals surface area contributed by atoms with E-state index in [1.54, 1.807) is 4.58 Å². The molecule has 3 heteroatoms. The molecule has 0 aromatic carbocycles. The molecule has 96 valence electrons. The van der Waals surface area contributed by atoms with Crippen molar-refractivity contribution in [3.63, 3.8) is 0 Å². The van der Waals surface area contributed by atoms with Crippen molar-refractivity contribution in [2.75, 3.05) is 0 Å². The summed E-state index contributed by atoms with van der Waals surface area (Å²) in [7, 11) is 0. The zero-order valence-electron chi connectivity index (χ0n) is 11.4. The molecule has 0 spiro atoms. The lowest BCUT2D eigenvalue weighted by molar-refractivity contribution is -0.491. The first-order valence-corrected chi connectivity index (χ1v) is 6.30. The molecular weight excluding hydrogens is 214 g/mol. The fourth-order valence-corrected chi connectivity index (χ4v) is 1.99. The first-order chi connectivity index (χ1) is 7.83.